The largest absolute Gasteiger partial charge is 0.394 e. The Hall–Kier alpha value is -0.400. The molecular weight excluding hydrogens is 304 g/mol. The molecule has 22 heavy (non-hydrogen) atoms. The molecular formula is C12H22O10. The van der Waals surface area contributed by atoms with Crippen molar-refractivity contribution in [3.63, 3.8) is 0 Å². The van der Waals surface area contributed by atoms with E-state index in [0.29, 0.717) is 0 Å². The van der Waals surface area contributed by atoms with Gasteiger partial charge in [0.25, 0.3) is 0 Å². The average molecular weight is 326 g/mol. The lowest BCUT2D eigenvalue weighted by molar-refractivity contribution is -0.359. The minimum Gasteiger partial charge on any atom is -0.394 e. The Morgan fingerprint density at radius 2 is 1.45 bits per heavy atom. The van der Waals surface area contributed by atoms with E-state index in [9.17, 15) is 30.6 Å². The molecule has 2 aliphatic heterocycles. The molecule has 0 aromatic carbocycles. The fourth-order valence-corrected chi connectivity index (χ4v) is 2.50. The molecule has 2 saturated heterocycles. The van der Waals surface area contributed by atoms with Gasteiger partial charge in [-0.25, -0.2) is 0 Å². The van der Waals surface area contributed by atoms with Crippen LogP contribution in [0.1, 0.15) is 6.92 Å². The SMILES string of the molecule is C[C@H]1OC(O)[C@@H](OC2O[C@H](CO)[C@@H](O)[C@H](O)[C@@H]2O)[C@@H](O)[C@@H]1O. The lowest BCUT2D eigenvalue weighted by Crippen LogP contribution is -2.63. The van der Waals surface area contributed by atoms with Crippen molar-refractivity contribution in [2.24, 2.45) is 0 Å². The second kappa shape index (κ2) is 7.01. The molecule has 10 atom stereocenters. The molecule has 2 fully saturated rings. The van der Waals surface area contributed by atoms with E-state index in [1.54, 1.807) is 0 Å². The average Bonchev–Trinajstić information content (AvgIpc) is 2.49. The van der Waals surface area contributed by atoms with Gasteiger partial charge in [-0.2, -0.15) is 0 Å². The van der Waals surface area contributed by atoms with Crippen molar-refractivity contribution < 1.29 is 50.0 Å². The fraction of sp³-hybridized carbons (Fsp3) is 1.00. The van der Waals surface area contributed by atoms with Crippen LogP contribution in [0.5, 0.6) is 0 Å². The summed E-state index contributed by atoms with van der Waals surface area (Å²) in [6.45, 7) is 0.803. The summed E-state index contributed by atoms with van der Waals surface area (Å²) < 4.78 is 15.3. The van der Waals surface area contributed by atoms with Crippen LogP contribution in [-0.4, -0.2) is 104 Å². The minimum atomic E-state index is -1.69. The molecule has 2 unspecified atom stereocenters. The van der Waals surface area contributed by atoms with Gasteiger partial charge in [-0.1, -0.05) is 0 Å². The highest BCUT2D eigenvalue weighted by atomic mass is 16.7. The van der Waals surface area contributed by atoms with Crippen molar-refractivity contribution in [2.45, 2.75) is 68.3 Å². The van der Waals surface area contributed by atoms with Gasteiger partial charge in [0.1, 0.15) is 42.7 Å². The van der Waals surface area contributed by atoms with Crippen molar-refractivity contribution in [1.82, 2.24) is 0 Å². The molecule has 0 aromatic heterocycles. The molecule has 130 valence electrons. The van der Waals surface area contributed by atoms with Crippen LogP contribution in [0, 0.1) is 0 Å². The molecule has 0 bridgehead atoms. The summed E-state index contributed by atoms with van der Waals surface area (Å²) in [5.41, 5.74) is 0. The number of ether oxygens (including phenoxy) is 3. The van der Waals surface area contributed by atoms with E-state index in [4.69, 9.17) is 19.3 Å². The number of rotatable bonds is 3. The summed E-state index contributed by atoms with van der Waals surface area (Å²) in [7, 11) is 0. The summed E-state index contributed by atoms with van der Waals surface area (Å²) in [6.07, 6.45) is -14.4. The predicted octanol–water partition coefficient (Wildman–Crippen LogP) is -4.37. The Morgan fingerprint density at radius 3 is 2.05 bits per heavy atom. The zero-order chi connectivity index (χ0) is 16.6. The molecule has 10 nitrogen and oxygen atoms in total. The van der Waals surface area contributed by atoms with Gasteiger partial charge in [0.15, 0.2) is 12.6 Å². The van der Waals surface area contributed by atoms with E-state index in [0.717, 1.165) is 0 Å². The van der Waals surface area contributed by atoms with Crippen LogP contribution in [0.15, 0.2) is 0 Å². The van der Waals surface area contributed by atoms with E-state index in [1.807, 2.05) is 0 Å². The Balaban J connectivity index is 2.08. The van der Waals surface area contributed by atoms with Crippen molar-refractivity contribution >= 4 is 0 Å². The molecule has 0 saturated carbocycles. The lowest BCUT2D eigenvalue weighted by Gasteiger charge is -2.44. The second-order valence-corrected chi connectivity index (χ2v) is 5.51. The molecule has 10 heteroatoms. The summed E-state index contributed by atoms with van der Waals surface area (Å²) >= 11 is 0. The molecule has 2 aliphatic rings. The van der Waals surface area contributed by atoms with Crippen molar-refractivity contribution in [3.05, 3.63) is 0 Å². The fourth-order valence-electron chi connectivity index (χ4n) is 2.50. The maximum atomic E-state index is 9.92. The number of hydrogen-bond acceptors (Lipinski definition) is 10. The van der Waals surface area contributed by atoms with Gasteiger partial charge in [-0.15, -0.1) is 0 Å². The van der Waals surface area contributed by atoms with Crippen molar-refractivity contribution in [1.29, 1.82) is 0 Å². The Labute approximate surface area is 126 Å². The lowest BCUT2D eigenvalue weighted by atomic mass is 9.98. The zero-order valence-corrected chi connectivity index (χ0v) is 11.8. The van der Waals surface area contributed by atoms with Crippen molar-refractivity contribution in [2.75, 3.05) is 6.61 Å². The van der Waals surface area contributed by atoms with Crippen molar-refractivity contribution in [3.8, 4) is 0 Å². The standard InChI is InChI=1S/C12H22O10/c1-3-5(14)8(17)10(11(19)20-3)22-12-9(18)7(16)6(15)4(2-13)21-12/h3-19H,2H2,1H3/t3-,4-,5-,6-,7+,8+,9+,10+,11?,12?/m1/s1. The molecule has 2 rings (SSSR count). The maximum absolute atomic E-state index is 9.92. The predicted molar refractivity (Wildman–Crippen MR) is 67.2 cm³/mol. The molecule has 0 radical (unpaired) electrons. The van der Waals surface area contributed by atoms with Gasteiger partial charge in [-0.3, -0.25) is 0 Å². The second-order valence-electron chi connectivity index (χ2n) is 5.51. The van der Waals surface area contributed by atoms with E-state index < -0.39 is 68.0 Å². The van der Waals surface area contributed by atoms with Gasteiger partial charge >= 0.3 is 0 Å². The van der Waals surface area contributed by atoms with Crippen LogP contribution < -0.4 is 0 Å². The van der Waals surface area contributed by atoms with Gasteiger partial charge in [0.05, 0.1) is 12.7 Å². The first-order chi connectivity index (χ1) is 10.3. The molecule has 0 aromatic rings. The monoisotopic (exact) mass is 326 g/mol. The van der Waals surface area contributed by atoms with Crippen LogP contribution in [0.25, 0.3) is 0 Å². The van der Waals surface area contributed by atoms with Crippen LogP contribution in [-0.2, 0) is 14.2 Å². The van der Waals surface area contributed by atoms with E-state index in [-0.39, 0.29) is 0 Å². The third-order valence-electron chi connectivity index (χ3n) is 3.94. The van der Waals surface area contributed by atoms with Gasteiger partial charge in [-0.05, 0) is 6.92 Å². The topological polar surface area (TPSA) is 169 Å². The highest BCUT2D eigenvalue weighted by molar-refractivity contribution is 4.92. The highest BCUT2D eigenvalue weighted by Gasteiger charge is 2.49. The molecule has 2 heterocycles. The summed E-state index contributed by atoms with van der Waals surface area (Å²) in [5, 5.41) is 67.6. The molecule has 0 amide bonds. The van der Waals surface area contributed by atoms with Crippen LogP contribution in [0.4, 0.5) is 0 Å². The van der Waals surface area contributed by atoms with Crippen LogP contribution in [0.2, 0.25) is 0 Å². The summed E-state index contributed by atoms with van der Waals surface area (Å²) in [6, 6.07) is 0. The summed E-state index contributed by atoms with van der Waals surface area (Å²) in [5.74, 6) is 0. The Bertz CT molecular complexity index is 366. The molecule has 0 aliphatic carbocycles. The number of hydrogen-bond donors (Lipinski definition) is 7. The highest BCUT2D eigenvalue weighted by Crippen LogP contribution is 2.28. The number of aliphatic hydroxyl groups excluding tert-OH is 7. The zero-order valence-electron chi connectivity index (χ0n) is 11.8. The minimum absolute atomic E-state index is 0.642. The van der Waals surface area contributed by atoms with E-state index in [1.165, 1.54) is 6.92 Å². The number of aliphatic hydroxyl groups is 7. The van der Waals surface area contributed by atoms with E-state index >= 15 is 0 Å². The first-order valence-corrected chi connectivity index (χ1v) is 6.93. The third-order valence-corrected chi connectivity index (χ3v) is 3.94. The Kier molecular flexibility index (Phi) is 5.72. The molecule has 7 N–H and O–H groups in total. The third kappa shape index (κ3) is 3.26. The maximum Gasteiger partial charge on any atom is 0.187 e. The smallest absolute Gasteiger partial charge is 0.187 e. The van der Waals surface area contributed by atoms with Crippen LogP contribution in [0.3, 0.4) is 0 Å². The van der Waals surface area contributed by atoms with E-state index in [2.05, 4.69) is 0 Å². The van der Waals surface area contributed by atoms with Crippen LogP contribution >= 0.6 is 0 Å². The quantitative estimate of drug-likeness (QED) is 0.269. The van der Waals surface area contributed by atoms with Gasteiger partial charge in [0.2, 0.25) is 0 Å². The van der Waals surface area contributed by atoms with Gasteiger partial charge < -0.3 is 50.0 Å². The first kappa shape index (κ1) is 17.9. The first-order valence-electron chi connectivity index (χ1n) is 6.93. The summed E-state index contributed by atoms with van der Waals surface area (Å²) in [4.78, 5) is 0. The normalized spacial score (nSPS) is 53.5. The Morgan fingerprint density at radius 1 is 0.818 bits per heavy atom. The van der Waals surface area contributed by atoms with Gasteiger partial charge in [0, 0.05) is 0 Å². The molecule has 0 spiro atoms.